The van der Waals surface area contributed by atoms with E-state index >= 15 is 0 Å². The predicted octanol–water partition coefficient (Wildman–Crippen LogP) is 7.18. The van der Waals surface area contributed by atoms with Gasteiger partial charge in [0.2, 0.25) is 11.8 Å². The maximum Gasteiger partial charge on any atom is 0.223 e. The highest BCUT2D eigenvalue weighted by atomic mass is 16.5. The van der Waals surface area contributed by atoms with Crippen molar-refractivity contribution in [2.75, 3.05) is 39.5 Å². The minimum Gasteiger partial charge on any atom is -0.377 e. The number of aromatic amines is 2. The molecule has 0 spiro atoms. The smallest absolute Gasteiger partial charge is 0.223 e. The van der Waals surface area contributed by atoms with E-state index in [0.717, 1.165) is 56.1 Å². The lowest BCUT2D eigenvalue weighted by atomic mass is 9.98. The fourth-order valence-electron chi connectivity index (χ4n) is 6.93. The average molecular weight is 675 g/mol. The number of fused-ring (bicyclic) bond motifs is 1. The maximum absolute atomic E-state index is 12.9. The van der Waals surface area contributed by atoms with Crippen LogP contribution in [0.1, 0.15) is 64.3 Å². The summed E-state index contributed by atoms with van der Waals surface area (Å²) in [5.41, 5.74) is 6.14. The van der Waals surface area contributed by atoms with Gasteiger partial charge >= 0.3 is 0 Å². The fourth-order valence-corrected chi connectivity index (χ4v) is 6.93. The lowest BCUT2D eigenvalue weighted by molar-refractivity contribution is -0.142. The van der Waals surface area contributed by atoms with Crippen LogP contribution in [0.2, 0.25) is 0 Å². The molecule has 50 heavy (non-hydrogen) atoms. The Kier molecular flexibility index (Phi) is 9.83. The van der Waals surface area contributed by atoms with Crippen molar-refractivity contribution < 1.29 is 19.1 Å². The van der Waals surface area contributed by atoms with Crippen LogP contribution in [0.25, 0.3) is 44.4 Å². The molecule has 2 atom stereocenters. The molecule has 10 heteroatoms. The summed E-state index contributed by atoms with van der Waals surface area (Å²) in [5.74, 6) is 2.40. The Balaban J connectivity index is 1.05. The number of benzene rings is 3. The molecule has 0 radical (unpaired) electrons. The quantitative estimate of drug-likeness (QED) is 0.171. The van der Waals surface area contributed by atoms with Crippen LogP contribution < -0.4 is 0 Å². The number of carbonyl (C=O) groups excluding carboxylic acids is 2. The van der Waals surface area contributed by atoms with Crippen LogP contribution in [0.4, 0.5) is 0 Å². The lowest BCUT2D eigenvalue weighted by Gasteiger charge is -2.35. The van der Waals surface area contributed by atoms with Gasteiger partial charge in [0, 0.05) is 31.5 Å². The van der Waals surface area contributed by atoms with E-state index in [0.29, 0.717) is 64.2 Å². The molecule has 0 unspecified atom stereocenters. The third-order valence-electron chi connectivity index (χ3n) is 9.57. The first kappa shape index (κ1) is 33.7. The van der Waals surface area contributed by atoms with Gasteiger partial charge < -0.3 is 29.2 Å². The largest absolute Gasteiger partial charge is 0.377 e. The molecule has 2 N–H and O–H groups in total. The number of amides is 2. The summed E-state index contributed by atoms with van der Waals surface area (Å²) >= 11 is 0. The van der Waals surface area contributed by atoms with Gasteiger partial charge in [0.05, 0.1) is 50.2 Å². The first-order valence-electron chi connectivity index (χ1n) is 17.7. The van der Waals surface area contributed by atoms with Crippen LogP contribution in [0.3, 0.4) is 0 Å². The molecule has 4 heterocycles. The second-order valence-electron chi connectivity index (χ2n) is 14.3. The summed E-state index contributed by atoms with van der Waals surface area (Å²) in [5, 5.41) is 2.28. The molecule has 2 aliphatic heterocycles. The van der Waals surface area contributed by atoms with Gasteiger partial charge in [0.1, 0.15) is 23.7 Å². The molecule has 2 amide bonds. The van der Waals surface area contributed by atoms with Crippen molar-refractivity contribution >= 4 is 22.6 Å². The Morgan fingerprint density at radius 1 is 0.660 bits per heavy atom. The highest BCUT2D eigenvalue weighted by Crippen LogP contribution is 2.32. The summed E-state index contributed by atoms with van der Waals surface area (Å²) in [7, 11) is 0. The van der Waals surface area contributed by atoms with Crippen LogP contribution in [0, 0.1) is 11.8 Å². The van der Waals surface area contributed by atoms with E-state index in [-0.39, 0.29) is 23.9 Å². The number of ether oxygens (including phenoxy) is 2. The molecule has 2 aromatic heterocycles. The molecular weight excluding hydrogens is 628 g/mol. The Labute approximate surface area is 293 Å². The number of nitrogens with zero attached hydrogens (tertiary/aromatic N) is 4. The van der Waals surface area contributed by atoms with Crippen LogP contribution in [-0.2, 0) is 19.1 Å². The van der Waals surface area contributed by atoms with Gasteiger partial charge in [-0.2, -0.15) is 0 Å². The number of hydrogen-bond acceptors (Lipinski definition) is 6. The van der Waals surface area contributed by atoms with Crippen molar-refractivity contribution in [3.63, 3.8) is 0 Å². The van der Waals surface area contributed by atoms with Crippen molar-refractivity contribution in [3.8, 4) is 33.6 Å². The van der Waals surface area contributed by atoms with E-state index in [1.807, 2.05) is 22.2 Å². The second kappa shape index (κ2) is 14.6. The number of imidazole rings is 2. The fraction of sp³-hybridized carbons (Fsp3) is 0.400. The normalized spacial score (nSPS) is 18.4. The lowest BCUT2D eigenvalue weighted by Crippen LogP contribution is -2.44. The van der Waals surface area contributed by atoms with Gasteiger partial charge in [-0.15, -0.1) is 0 Å². The van der Waals surface area contributed by atoms with Crippen molar-refractivity contribution in [2.24, 2.45) is 11.8 Å². The first-order valence-corrected chi connectivity index (χ1v) is 17.7. The van der Waals surface area contributed by atoms with Gasteiger partial charge in [0.25, 0.3) is 0 Å². The summed E-state index contributed by atoms with van der Waals surface area (Å²) in [6, 6.07) is 21.0. The Morgan fingerprint density at radius 3 is 1.62 bits per heavy atom. The standard InChI is InChI=1S/C40H46N6O4/c1-25(2)17-37(47)45-13-15-49-23-35(45)39-41-21-33(43-39)28-7-5-27(6-8-28)29-9-10-31-20-32(12-11-30(31)19-29)34-22-42-40(44-34)36-24-50-16-14-46(36)38(48)18-26(3)4/h5-12,19-22,25-26,35-36H,13-18,23-24H2,1-4H3,(H,41,43)(H,42,44)/t35-,36-/m0/s1. The van der Waals surface area contributed by atoms with Crippen LogP contribution in [0.5, 0.6) is 0 Å². The molecule has 2 aliphatic rings. The average Bonchev–Trinajstić information content (AvgIpc) is 3.82. The third kappa shape index (κ3) is 7.22. The van der Waals surface area contributed by atoms with Gasteiger partial charge in [-0.1, -0.05) is 76.2 Å². The van der Waals surface area contributed by atoms with Gasteiger partial charge in [-0.25, -0.2) is 9.97 Å². The molecule has 0 saturated carbocycles. The van der Waals surface area contributed by atoms with Gasteiger partial charge in [-0.05, 0) is 51.4 Å². The summed E-state index contributed by atoms with van der Waals surface area (Å²) in [6.45, 7) is 11.4. The van der Waals surface area contributed by atoms with Crippen molar-refractivity contribution in [1.82, 2.24) is 29.7 Å². The van der Waals surface area contributed by atoms with E-state index in [1.54, 1.807) is 0 Å². The molecular formula is C40H46N6O4. The Hall–Kier alpha value is -4.80. The molecule has 2 saturated heterocycles. The minimum absolute atomic E-state index is 0.144. The zero-order valence-corrected chi connectivity index (χ0v) is 29.3. The van der Waals surface area contributed by atoms with Gasteiger partial charge in [-0.3, -0.25) is 9.59 Å². The van der Waals surface area contributed by atoms with Crippen molar-refractivity contribution in [2.45, 2.75) is 52.6 Å². The molecule has 0 bridgehead atoms. The van der Waals surface area contributed by atoms with Crippen LogP contribution in [0.15, 0.2) is 73.1 Å². The number of aromatic nitrogens is 4. The maximum atomic E-state index is 12.9. The number of morpholine rings is 2. The second-order valence-corrected chi connectivity index (χ2v) is 14.3. The van der Waals surface area contributed by atoms with Crippen LogP contribution in [-0.4, -0.2) is 81.1 Å². The molecule has 10 nitrogen and oxygen atoms in total. The van der Waals surface area contributed by atoms with E-state index < -0.39 is 0 Å². The summed E-state index contributed by atoms with van der Waals surface area (Å²) in [4.78, 5) is 46.0. The van der Waals surface area contributed by atoms with E-state index in [2.05, 4.69) is 108 Å². The summed E-state index contributed by atoms with van der Waals surface area (Å²) < 4.78 is 11.5. The van der Waals surface area contributed by atoms with Crippen molar-refractivity contribution in [1.29, 1.82) is 0 Å². The topological polar surface area (TPSA) is 116 Å². The molecule has 7 rings (SSSR count). The number of hydrogen-bond donors (Lipinski definition) is 2. The Morgan fingerprint density at radius 2 is 1.10 bits per heavy atom. The monoisotopic (exact) mass is 674 g/mol. The first-order chi connectivity index (χ1) is 24.2. The predicted molar refractivity (Wildman–Crippen MR) is 194 cm³/mol. The van der Waals surface area contributed by atoms with E-state index in [4.69, 9.17) is 9.47 Å². The Bertz CT molecular complexity index is 1960. The van der Waals surface area contributed by atoms with Gasteiger partial charge in [0.15, 0.2) is 0 Å². The number of carbonyl (C=O) groups is 2. The van der Waals surface area contributed by atoms with E-state index in [1.165, 1.54) is 0 Å². The molecule has 3 aromatic carbocycles. The highest BCUT2D eigenvalue weighted by molar-refractivity contribution is 5.90. The minimum atomic E-state index is -0.212. The number of H-pyrrole nitrogens is 2. The third-order valence-corrected chi connectivity index (χ3v) is 9.57. The summed E-state index contributed by atoms with van der Waals surface area (Å²) in [6.07, 6.45) is 4.72. The molecule has 0 aliphatic carbocycles. The highest BCUT2D eigenvalue weighted by Gasteiger charge is 2.32. The van der Waals surface area contributed by atoms with E-state index in [9.17, 15) is 9.59 Å². The molecule has 2 fully saturated rings. The zero-order chi connectivity index (χ0) is 34.8. The van der Waals surface area contributed by atoms with Crippen molar-refractivity contribution in [3.05, 3.63) is 84.7 Å². The SMILES string of the molecule is CC(C)CC(=O)N1CCOC[C@H]1c1ncc(-c2ccc(-c3ccc4cc(-c5cnc([C@@H]6COCCN6C(=O)CC(C)C)[nH]5)ccc4c3)cc2)[nH]1. The number of nitrogens with one attached hydrogen (secondary N) is 2. The molecule has 260 valence electrons. The zero-order valence-electron chi connectivity index (χ0n) is 29.3. The number of rotatable bonds is 9. The molecule has 5 aromatic rings. The van der Waals surface area contributed by atoms with Crippen LogP contribution >= 0.6 is 0 Å².